The molecule has 5 heteroatoms. The molecule has 1 fully saturated rings. The van der Waals surface area contributed by atoms with Gasteiger partial charge in [-0.05, 0) is 55.7 Å². The smallest absolute Gasteiger partial charge is 0.271 e. The van der Waals surface area contributed by atoms with E-state index in [1.54, 1.807) is 24.3 Å². The van der Waals surface area contributed by atoms with E-state index in [0.717, 1.165) is 11.5 Å². The van der Waals surface area contributed by atoms with E-state index in [0.29, 0.717) is 29.8 Å². The minimum atomic E-state index is -0.271. The minimum absolute atomic E-state index is 0.271. The third-order valence-corrected chi connectivity index (χ3v) is 3.91. The molecule has 1 heterocycles. The fourth-order valence-corrected chi connectivity index (χ4v) is 2.44. The summed E-state index contributed by atoms with van der Waals surface area (Å²) in [5.74, 6) is 3.35. The number of amides is 1. The lowest BCUT2D eigenvalue weighted by molar-refractivity contribution is 0.0955. The molecule has 120 valence electrons. The zero-order chi connectivity index (χ0) is 16.2. The molecule has 1 aliphatic carbocycles. The van der Waals surface area contributed by atoms with Crippen molar-refractivity contribution in [1.82, 2.24) is 5.43 Å². The molecule has 3 rings (SSSR count). The predicted molar refractivity (Wildman–Crippen MR) is 87.9 cm³/mol. The largest absolute Gasteiger partial charge is 0.494 e. The number of hydrazone groups is 1. The zero-order valence-electron chi connectivity index (χ0n) is 13.3. The molecule has 0 saturated heterocycles. The molecule has 1 aliphatic rings. The van der Waals surface area contributed by atoms with Crippen LogP contribution in [0.5, 0.6) is 5.75 Å². The van der Waals surface area contributed by atoms with Crippen molar-refractivity contribution in [2.45, 2.75) is 26.2 Å². The molecule has 0 spiro atoms. The van der Waals surface area contributed by atoms with Crippen molar-refractivity contribution in [3.63, 3.8) is 0 Å². The second-order valence-corrected chi connectivity index (χ2v) is 5.72. The average molecular weight is 312 g/mol. The van der Waals surface area contributed by atoms with Crippen LogP contribution in [0.4, 0.5) is 0 Å². The van der Waals surface area contributed by atoms with Crippen molar-refractivity contribution in [1.29, 1.82) is 0 Å². The van der Waals surface area contributed by atoms with E-state index in [2.05, 4.69) is 17.5 Å². The van der Waals surface area contributed by atoms with E-state index in [-0.39, 0.29) is 5.91 Å². The third kappa shape index (κ3) is 3.80. The van der Waals surface area contributed by atoms with Crippen LogP contribution in [0.2, 0.25) is 0 Å². The van der Waals surface area contributed by atoms with E-state index in [9.17, 15) is 4.79 Å². The Morgan fingerprint density at radius 3 is 2.74 bits per heavy atom. The Bertz CT molecular complexity index is 703. The number of nitrogens with zero attached hydrogens (tertiary/aromatic N) is 1. The molecule has 1 aromatic carbocycles. The van der Waals surface area contributed by atoms with Crippen LogP contribution in [0.15, 0.2) is 45.9 Å². The maximum absolute atomic E-state index is 12.0. The normalized spacial score (nSPS) is 19.7. The quantitative estimate of drug-likeness (QED) is 0.655. The Morgan fingerprint density at radius 2 is 2.09 bits per heavy atom. The number of ether oxygens (including phenoxy) is 1. The molecular formula is C18H20N2O3. The van der Waals surface area contributed by atoms with Crippen molar-refractivity contribution in [2.24, 2.45) is 11.0 Å². The third-order valence-electron chi connectivity index (χ3n) is 3.91. The number of carbonyl (C=O) groups excluding carboxylic acids is 1. The van der Waals surface area contributed by atoms with Gasteiger partial charge in [-0.2, -0.15) is 5.10 Å². The number of benzene rings is 1. The SMILES string of the molecule is CCOc1ccc(C(=O)N/N=C\c2ccc([C@H]3C[C@@H]3C)o2)cc1. The van der Waals surface area contributed by atoms with Crippen LogP contribution in [0, 0.1) is 5.92 Å². The fourth-order valence-electron chi connectivity index (χ4n) is 2.44. The molecule has 0 bridgehead atoms. The zero-order valence-corrected chi connectivity index (χ0v) is 13.3. The van der Waals surface area contributed by atoms with Gasteiger partial charge in [0.1, 0.15) is 17.3 Å². The Kier molecular flexibility index (Phi) is 4.46. The van der Waals surface area contributed by atoms with Gasteiger partial charge in [0.2, 0.25) is 0 Å². The van der Waals surface area contributed by atoms with Gasteiger partial charge in [0.25, 0.3) is 5.91 Å². The number of hydrogen-bond donors (Lipinski definition) is 1. The van der Waals surface area contributed by atoms with Crippen molar-refractivity contribution in [2.75, 3.05) is 6.61 Å². The van der Waals surface area contributed by atoms with Crippen LogP contribution < -0.4 is 10.2 Å². The summed E-state index contributed by atoms with van der Waals surface area (Å²) in [6.45, 7) is 4.72. The first-order valence-electron chi connectivity index (χ1n) is 7.83. The predicted octanol–water partition coefficient (Wildman–Crippen LogP) is 3.57. The second-order valence-electron chi connectivity index (χ2n) is 5.72. The van der Waals surface area contributed by atoms with Gasteiger partial charge in [-0.25, -0.2) is 5.43 Å². The average Bonchev–Trinajstić information content (AvgIpc) is 3.09. The molecular weight excluding hydrogens is 292 g/mol. The van der Waals surface area contributed by atoms with Crippen LogP contribution in [0.25, 0.3) is 0 Å². The summed E-state index contributed by atoms with van der Waals surface area (Å²) in [5.41, 5.74) is 3.02. The maximum Gasteiger partial charge on any atom is 0.271 e. The molecule has 1 N–H and O–H groups in total. The van der Waals surface area contributed by atoms with Gasteiger partial charge in [0.05, 0.1) is 12.8 Å². The lowest BCUT2D eigenvalue weighted by Gasteiger charge is -2.03. The van der Waals surface area contributed by atoms with Gasteiger partial charge >= 0.3 is 0 Å². The highest BCUT2D eigenvalue weighted by molar-refractivity contribution is 5.94. The molecule has 23 heavy (non-hydrogen) atoms. The van der Waals surface area contributed by atoms with Crippen LogP contribution in [0.1, 0.15) is 48.1 Å². The fraction of sp³-hybridized carbons (Fsp3) is 0.333. The van der Waals surface area contributed by atoms with Crippen molar-refractivity contribution >= 4 is 12.1 Å². The first-order chi connectivity index (χ1) is 11.2. The summed E-state index contributed by atoms with van der Waals surface area (Å²) in [6.07, 6.45) is 2.70. The van der Waals surface area contributed by atoms with Crippen molar-refractivity contribution in [3.05, 3.63) is 53.5 Å². The maximum atomic E-state index is 12.0. The van der Waals surface area contributed by atoms with E-state index in [4.69, 9.17) is 9.15 Å². The van der Waals surface area contributed by atoms with E-state index < -0.39 is 0 Å². The Hall–Kier alpha value is -2.56. The molecule has 0 unspecified atom stereocenters. The summed E-state index contributed by atoms with van der Waals surface area (Å²) >= 11 is 0. The molecule has 5 nitrogen and oxygen atoms in total. The van der Waals surface area contributed by atoms with Gasteiger partial charge in [-0.3, -0.25) is 4.79 Å². The number of nitrogens with one attached hydrogen (secondary N) is 1. The summed E-state index contributed by atoms with van der Waals surface area (Å²) in [4.78, 5) is 12.0. The highest BCUT2D eigenvalue weighted by Gasteiger charge is 2.36. The number of furan rings is 1. The highest BCUT2D eigenvalue weighted by atomic mass is 16.5. The Labute approximate surface area is 135 Å². The van der Waals surface area contributed by atoms with Gasteiger partial charge in [0.15, 0.2) is 0 Å². The number of hydrogen-bond acceptors (Lipinski definition) is 4. The van der Waals surface area contributed by atoms with E-state index in [1.165, 1.54) is 12.6 Å². The summed E-state index contributed by atoms with van der Waals surface area (Å²) in [5, 5.41) is 3.94. The minimum Gasteiger partial charge on any atom is -0.494 e. The Balaban J connectivity index is 1.54. The van der Waals surface area contributed by atoms with Crippen LogP contribution in [-0.2, 0) is 0 Å². The van der Waals surface area contributed by atoms with E-state index >= 15 is 0 Å². The molecule has 2 atom stereocenters. The molecule has 2 aromatic rings. The topological polar surface area (TPSA) is 63.8 Å². The summed E-state index contributed by atoms with van der Waals surface area (Å²) < 4.78 is 11.0. The number of carbonyl (C=O) groups is 1. The molecule has 1 aromatic heterocycles. The molecule has 0 radical (unpaired) electrons. The second kappa shape index (κ2) is 6.69. The Morgan fingerprint density at radius 1 is 1.35 bits per heavy atom. The monoisotopic (exact) mass is 312 g/mol. The van der Waals surface area contributed by atoms with Crippen LogP contribution in [0.3, 0.4) is 0 Å². The lowest BCUT2D eigenvalue weighted by Crippen LogP contribution is -2.17. The lowest BCUT2D eigenvalue weighted by atomic mass is 10.2. The standard InChI is InChI=1S/C18H20N2O3/c1-3-22-14-6-4-13(5-7-14)18(21)20-19-11-15-8-9-17(23-15)16-10-12(16)2/h4-9,11-12,16H,3,10H2,1-2H3,(H,20,21)/b19-11-/t12-,16-/m0/s1. The molecule has 1 saturated carbocycles. The summed E-state index contributed by atoms with van der Waals surface area (Å²) in [6, 6.07) is 10.8. The van der Waals surface area contributed by atoms with Gasteiger partial charge < -0.3 is 9.15 Å². The van der Waals surface area contributed by atoms with Gasteiger partial charge in [-0.1, -0.05) is 6.92 Å². The van der Waals surface area contributed by atoms with E-state index in [1.807, 2.05) is 19.1 Å². The van der Waals surface area contributed by atoms with Gasteiger partial charge in [-0.15, -0.1) is 0 Å². The number of rotatable bonds is 6. The summed E-state index contributed by atoms with van der Waals surface area (Å²) in [7, 11) is 0. The first-order valence-corrected chi connectivity index (χ1v) is 7.83. The van der Waals surface area contributed by atoms with Crippen molar-refractivity contribution < 1.29 is 13.9 Å². The molecule has 0 aliphatic heterocycles. The molecule has 1 amide bonds. The van der Waals surface area contributed by atoms with Gasteiger partial charge in [0, 0.05) is 11.5 Å². The van der Waals surface area contributed by atoms with Crippen molar-refractivity contribution in [3.8, 4) is 5.75 Å². The van der Waals surface area contributed by atoms with Crippen LogP contribution >= 0.6 is 0 Å². The highest BCUT2D eigenvalue weighted by Crippen LogP contribution is 2.47. The first kappa shape index (κ1) is 15.3. The van der Waals surface area contributed by atoms with Crippen LogP contribution in [-0.4, -0.2) is 18.7 Å².